The summed E-state index contributed by atoms with van der Waals surface area (Å²) in [6, 6.07) is 13.1. The third-order valence-electron chi connectivity index (χ3n) is 6.24. The van der Waals surface area contributed by atoms with Crippen LogP contribution in [0.1, 0.15) is 21.7 Å². The fourth-order valence-corrected chi connectivity index (χ4v) is 4.12. The lowest BCUT2D eigenvalue weighted by Crippen LogP contribution is -2.40. The lowest BCUT2D eigenvalue weighted by molar-refractivity contribution is 0.0302. The van der Waals surface area contributed by atoms with Gasteiger partial charge in [-0.3, -0.25) is 4.79 Å². The number of carbonyl (C=O) groups excluding carboxylic acids is 1. The van der Waals surface area contributed by atoms with Crippen LogP contribution in [0.5, 0.6) is 11.6 Å². The first-order chi connectivity index (χ1) is 19.5. The Morgan fingerprint density at radius 1 is 0.975 bits per heavy atom. The summed E-state index contributed by atoms with van der Waals surface area (Å²) in [6.45, 7) is 4.35. The van der Waals surface area contributed by atoms with Crippen molar-refractivity contribution < 1.29 is 19.0 Å². The smallest absolute Gasteiger partial charge is 0.255 e. The maximum atomic E-state index is 13.3. The summed E-state index contributed by atoms with van der Waals surface area (Å²) < 4.78 is 15.8. The Labute approximate surface area is 231 Å². The molecular weight excluding hydrogens is 512 g/mol. The van der Waals surface area contributed by atoms with E-state index in [9.17, 15) is 4.79 Å². The maximum Gasteiger partial charge on any atom is 0.255 e. The topological polar surface area (TPSA) is 137 Å². The number of amides is 1. The van der Waals surface area contributed by atoms with E-state index < -0.39 is 0 Å². The molecule has 1 fully saturated rings. The highest BCUT2D eigenvalue weighted by molar-refractivity contribution is 5.96. The molecule has 1 amide bonds. The summed E-state index contributed by atoms with van der Waals surface area (Å²) in [6.07, 6.45) is 3.19. The van der Waals surface area contributed by atoms with Crippen molar-refractivity contribution >= 4 is 23.4 Å². The van der Waals surface area contributed by atoms with Crippen LogP contribution in [-0.4, -0.2) is 76.2 Å². The molecule has 0 radical (unpaired) electrons. The zero-order valence-electron chi connectivity index (χ0n) is 22.5. The van der Waals surface area contributed by atoms with Gasteiger partial charge in [0.25, 0.3) is 5.91 Å². The number of hydrogen-bond acceptors (Lipinski definition) is 11. The molecule has 2 N–H and O–H groups in total. The summed E-state index contributed by atoms with van der Waals surface area (Å²) in [5.41, 5.74) is 2.70. The maximum absolute atomic E-state index is 13.3. The van der Waals surface area contributed by atoms with Gasteiger partial charge in [0.05, 0.1) is 50.4 Å². The zero-order chi connectivity index (χ0) is 27.9. The van der Waals surface area contributed by atoms with Gasteiger partial charge in [-0.15, -0.1) is 0 Å². The molecule has 40 heavy (non-hydrogen) atoms. The predicted molar refractivity (Wildman–Crippen MR) is 149 cm³/mol. The minimum atomic E-state index is -0.127. The first-order valence-corrected chi connectivity index (χ1v) is 12.8. The van der Waals surface area contributed by atoms with Gasteiger partial charge in [0.2, 0.25) is 11.8 Å². The van der Waals surface area contributed by atoms with Crippen LogP contribution < -0.4 is 20.1 Å². The molecule has 1 aromatic carbocycles. The zero-order valence-corrected chi connectivity index (χ0v) is 22.5. The van der Waals surface area contributed by atoms with Gasteiger partial charge in [0.1, 0.15) is 17.4 Å². The number of carbonyl (C=O) groups is 1. The number of morpholine rings is 1. The largest absolute Gasteiger partial charge is 0.497 e. The SMILES string of the molecule is COc1ccc(CNc2nc(C)nc(-c3cc(C(=O)N4CCOCC4)cnc3Nc3ccc(OC)nc3)n2)cc1. The quantitative estimate of drug-likeness (QED) is 0.322. The molecule has 0 unspecified atom stereocenters. The fraction of sp³-hybridized carbons (Fsp3) is 0.286. The van der Waals surface area contributed by atoms with Crippen LogP contribution in [0, 0.1) is 6.92 Å². The highest BCUT2D eigenvalue weighted by Crippen LogP contribution is 2.29. The van der Waals surface area contributed by atoms with Crippen LogP contribution in [-0.2, 0) is 11.3 Å². The molecule has 4 heterocycles. The first kappa shape index (κ1) is 26.8. The van der Waals surface area contributed by atoms with Crippen LogP contribution in [0.15, 0.2) is 54.9 Å². The third kappa shape index (κ3) is 6.41. The van der Waals surface area contributed by atoms with Gasteiger partial charge in [0, 0.05) is 31.9 Å². The minimum Gasteiger partial charge on any atom is -0.497 e. The molecule has 206 valence electrons. The van der Waals surface area contributed by atoms with E-state index in [1.165, 1.54) is 0 Å². The number of ether oxygens (including phenoxy) is 3. The molecule has 12 nitrogen and oxygen atoms in total. The lowest BCUT2D eigenvalue weighted by Gasteiger charge is -2.27. The molecule has 0 bridgehead atoms. The minimum absolute atomic E-state index is 0.127. The summed E-state index contributed by atoms with van der Waals surface area (Å²) in [4.78, 5) is 37.6. The number of anilines is 3. The van der Waals surface area contributed by atoms with E-state index in [4.69, 9.17) is 14.2 Å². The van der Waals surface area contributed by atoms with Gasteiger partial charge >= 0.3 is 0 Å². The average molecular weight is 543 g/mol. The third-order valence-corrected chi connectivity index (χ3v) is 6.24. The van der Waals surface area contributed by atoms with Crippen molar-refractivity contribution in [3.63, 3.8) is 0 Å². The van der Waals surface area contributed by atoms with Crippen molar-refractivity contribution in [3.05, 3.63) is 71.8 Å². The Morgan fingerprint density at radius 3 is 2.48 bits per heavy atom. The van der Waals surface area contributed by atoms with E-state index in [1.54, 1.807) is 50.6 Å². The van der Waals surface area contributed by atoms with E-state index in [1.807, 2.05) is 30.3 Å². The van der Waals surface area contributed by atoms with E-state index in [-0.39, 0.29) is 5.91 Å². The normalized spacial score (nSPS) is 13.0. The number of nitrogens with one attached hydrogen (secondary N) is 2. The molecule has 0 aliphatic carbocycles. The van der Waals surface area contributed by atoms with Crippen LogP contribution in [0.4, 0.5) is 17.5 Å². The molecule has 0 spiro atoms. The number of aromatic nitrogens is 5. The van der Waals surface area contributed by atoms with Crippen molar-refractivity contribution in [3.8, 4) is 23.0 Å². The van der Waals surface area contributed by atoms with E-state index in [0.717, 1.165) is 11.3 Å². The first-order valence-electron chi connectivity index (χ1n) is 12.8. The highest BCUT2D eigenvalue weighted by atomic mass is 16.5. The summed E-state index contributed by atoms with van der Waals surface area (Å²) in [5.74, 6) is 2.91. The van der Waals surface area contributed by atoms with Gasteiger partial charge < -0.3 is 29.7 Å². The van der Waals surface area contributed by atoms with Gasteiger partial charge in [-0.05, 0) is 36.8 Å². The Balaban J connectivity index is 1.47. The molecule has 3 aromatic heterocycles. The molecule has 0 atom stereocenters. The number of hydrogen-bond donors (Lipinski definition) is 2. The Morgan fingerprint density at radius 2 is 1.77 bits per heavy atom. The highest BCUT2D eigenvalue weighted by Gasteiger charge is 2.22. The number of pyridine rings is 2. The Kier molecular flexibility index (Phi) is 8.26. The van der Waals surface area contributed by atoms with Crippen LogP contribution >= 0.6 is 0 Å². The van der Waals surface area contributed by atoms with Crippen LogP contribution in [0.3, 0.4) is 0 Å². The van der Waals surface area contributed by atoms with Gasteiger partial charge in [-0.25, -0.2) is 15.0 Å². The number of methoxy groups -OCH3 is 2. The molecule has 1 saturated heterocycles. The Bertz CT molecular complexity index is 1460. The number of nitrogens with zero attached hydrogens (tertiary/aromatic N) is 6. The average Bonchev–Trinajstić information content (AvgIpc) is 3.00. The van der Waals surface area contributed by atoms with Crippen molar-refractivity contribution in [2.24, 2.45) is 0 Å². The fourth-order valence-electron chi connectivity index (χ4n) is 4.12. The second-order valence-corrected chi connectivity index (χ2v) is 8.97. The van der Waals surface area contributed by atoms with E-state index in [0.29, 0.717) is 79.0 Å². The molecule has 4 aromatic rings. The lowest BCUT2D eigenvalue weighted by atomic mass is 10.1. The van der Waals surface area contributed by atoms with Crippen molar-refractivity contribution in [2.75, 3.05) is 51.2 Å². The van der Waals surface area contributed by atoms with Crippen molar-refractivity contribution in [1.29, 1.82) is 0 Å². The van der Waals surface area contributed by atoms with E-state index >= 15 is 0 Å². The summed E-state index contributed by atoms with van der Waals surface area (Å²) in [7, 11) is 3.19. The Hall–Kier alpha value is -4.84. The number of aryl methyl sites for hydroxylation is 1. The van der Waals surface area contributed by atoms with Crippen LogP contribution in [0.25, 0.3) is 11.4 Å². The predicted octanol–water partition coefficient (Wildman–Crippen LogP) is 3.48. The molecule has 1 aliphatic rings. The van der Waals surface area contributed by atoms with Gasteiger partial charge in [-0.2, -0.15) is 9.97 Å². The molecule has 1 aliphatic heterocycles. The molecule has 12 heteroatoms. The standard InChI is InChI=1S/C28H30N8O4/c1-18-32-26(35-28(33-18)31-15-19-4-7-22(38-2)8-5-19)23-14-20(27(37)36-10-12-40-13-11-36)16-30-25(23)34-21-6-9-24(39-3)29-17-21/h4-9,14,16-17H,10-13,15H2,1-3H3,(H,30,34)(H,31,32,33,35). The monoisotopic (exact) mass is 542 g/mol. The van der Waals surface area contributed by atoms with Crippen molar-refractivity contribution in [1.82, 2.24) is 29.8 Å². The summed E-state index contributed by atoms with van der Waals surface area (Å²) in [5, 5.41) is 6.53. The second-order valence-electron chi connectivity index (χ2n) is 8.97. The molecule has 5 rings (SSSR count). The number of rotatable bonds is 9. The molecular formula is C28H30N8O4. The second kappa shape index (κ2) is 12.3. The van der Waals surface area contributed by atoms with E-state index in [2.05, 4.69) is 35.6 Å². The summed E-state index contributed by atoms with van der Waals surface area (Å²) >= 11 is 0. The van der Waals surface area contributed by atoms with Gasteiger partial charge in [0.15, 0.2) is 5.82 Å². The van der Waals surface area contributed by atoms with Gasteiger partial charge in [-0.1, -0.05) is 12.1 Å². The van der Waals surface area contributed by atoms with Crippen LogP contribution in [0.2, 0.25) is 0 Å². The van der Waals surface area contributed by atoms with Crippen molar-refractivity contribution in [2.45, 2.75) is 13.5 Å². The number of benzene rings is 1. The molecule has 0 saturated carbocycles.